The Labute approximate surface area is 52.6 Å². The summed E-state index contributed by atoms with van der Waals surface area (Å²) in [5.74, 6) is 2.65. The van der Waals surface area contributed by atoms with Gasteiger partial charge in [-0.05, 0) is 6.92 Å². The van der Waals surface area contributed by atoms with Crippen LogP contribution in [0.2, 0.25) is 0 Å². The van der Waals surface area contributed by atoms with Crippen LogP contribution in [-0.2, 0) is 0 Å². The van der Waals surface area contributed by atoms with Gasteiger partial charge in [0.25, 0.3) is 5.92 Å². The van der Waals surface area contributed by atoms with Gasteiger partial charge in [-0.3, -0.25) is 5.84 Å². The topological polar surface area (TPSA) is 29.3 Å². The van der Waals surface area contributed by atoms with Crippen LogP contribution in [-0.4, -0.2) is 23.5 Å². The van der Waals surface area contributed by atoms with Crippen molar-refractivity contribution in [2.24, 2.45) is 5.84 Å². The fraction of sp³-hybridized carbons (Fsp3) is 1.00. The lowest BCUT2D eigenvalue weighted by molar-refractivity contribution is 0.0120. The molecule has 1 saturated heterocycles. The highest BCUT2D eigenvalue weighted by Crippen LogP contribution is 2.28. The van der Waals surface area contributed by atoms with Gasteiger partial charge in [0.05, 0.1) is 6.54 Å². The summed E-state index contributed by atoms with van der Waals surface area (Å²) in [6.45, 7) is 1.40. The van der Waals surface area contributed by atoms with Gasteiger partial charge in [-0.15, -0.1) is 0 Å². The highest BCUT2D eigenvalue weighted by atomic mass is 19.3. The molecule has 0 aromatic rings. The largest absolute Gasteiger partial charge is 0.268 e. The molecule has 1 unspecified atom stereocenters. The molecule has 0 aromatic carbocycles. The van der Waals surface area contributed by atoms with E-state index < -0.39 is 5.92 Å². The van der Waals surface area contributed by atoms with Crippen LogP contribution in [0.5, 0.6) is 0 Å². The lowest BCUT2D eigenvalue weighted by atomic mass is 10.2. The third-order valence-electron chi connectivity index (χ3n) is 1.57. The first-order chi connectivity index (χ1) is 4.01. The standard InChI is InChI=1S/C5H10F2N2/c1-4-2-5(6,7)3-9(4)8/h4H,2-3,8H2,1H3. The second-order valence-electron chi connectivity index (χ2n) is 2.58. The monoisotopic (exact) mass is 136 g/mol. The first-order valence-corrected chi connectivity index (χ1v) is 2.90. The molecule has 1 aliphatic heterocycles. The lowest BCUT2D eigenvalue weighted by Crippen LogP contribution is -2.35. The van der Waals surface area contributed by atoms with Gasteiger partial charge < -0.3 is 0 Å². The smallest absolute Gasteiger partial charge is 0.263 e. The molecule has 4 heteroatoms. The number of hydrogen-bond donors (Lipinski definition) is 1. The first kappa shape index (κ1) is 6.89. The summed E-state index contributed by atoms with van der Waals surface area (Å²) < 4.78 is 24.6. The quantitative estimate of drug-likeness (QED) is 0.494. The maximum atomic E-state index is 12.3. The summed E-state index contributed by atoms with van der Waals surface area (Å²) in [4.78, 5) is 0. The van der Waals surface area contributed by atoms with E-state index in [1.54, 1.807) is 6.92 Å². The van der Waals surface area contributed by atoms with E-state index in [1.807, 2.05) is 0 Å². The van der Waals surface area contributed by atoms with Crippen molar-refractivity contribution in [2.75, 3.05) is 6.54 Å². The highest BCUT2D eigenvalue weighted by molar-refractivity contribution is 4.84. The SMILES string of the molecule is CC1CC(F)(F)CN1N. The summed E-state index contributed by atoms with van der Waals surface area (Å²) >= 11 is 0. The molecule has 1 heterocycles. The molecule has 2 N–H and O–H groups in total. The Hall–Kier alpha value is -0.220. The highest BCUT2D eigenvalue weighted by Gasteiger charge is 2.41. The van der Waals surface area contributed by atoms with Crippen molar-refractivity contribution in [1.29, 1.82) is 0 Å². The summed E-state index contributed by atoms with van der Waals surface area (Å²) in [5.41, 5.74) is 0. The molecular weight excluding hydrogens is 126 g/mol. The predicted octanol–water partition coefficient (Wildman–Crippen LogP) is 0.590. The fourth-order valence-electron chi connectivity index (χ4n) is 1.04. The Morgan fingerprint density at radius 2 is 2.22 bits per heavy atom. The average molecular weight is 136 g/mol. The zero-order valence-corrected chi connectivity index (χ0v) is 5.27. The van der Waals surface area contributed by atoms with Gasteiger partial charge in [0, 0.05) is 12.5 Å². The normalized spacial score (nSPS) is 35.3. The number of hydrogen-bond acceptors (Lipinski definition) is 2. The molecule has 1 rings (SSSR count). The zero-order chi connectivity index (χ0) is 7.07. The minimum Gasteiger partial charge on any atom is -0.268 e. The van der Waals surface area contributed by atoms with Gasteiger partial charge in [0.15, 0.2) is 0 Å². The molecule has 9 heavy (non-hydrogen) atoms. The van der Waals surface area contributed by atoms with Crippen LogP contribution < -0.4 is 5.84 Å². The van der Waals surface area contributed by atoms with Gasteiger partial charge in [0.1, 0.15) is 0 Å². The molecule has 0 aliphatic carbocycles. The Bertz CT molecular complexity index is 104. The zero-order valence-electron chi connectivity index (χ0n) is 5.27. The van der Waals surface area contributed by atoms with E-state index in [4.69, 9.17) is 5.84 Å². The molecule has 0 amide bonds. The Balaban J connectivity index is 2.54. The summed E-state index contributed by atoms with van der Waals surface area (Å²) in [5, 5.41) is 1.18. The number of rotatable bonds is 0. The minimum absolute atomic E-state index is 0.108. The van der Waals surface area contributed by atoms with Crippen molar-refractivity contribution in [1.82, 2.24) is 5.01 Å². The lowest BCUT2D eigenvalue weighted by Gasteiger charge is -2.11. The van der Waals surface area contributed by atoms with Crippen LogP contribution in [0.1, 0.15) is 13.3 Å². The van der Waals surface area contributed by atoms with Crippen LogP contribution in [0, 0.1) is 0 Å². The fourth-order valence-corrected chi connectivity index (χ4v) is 1.04. The molecule has 0 aromatic heterocycles. The van der Waals surface area contributed by atoms with Gasteiger partial charge >= 0.3 is 0 Å². The second kappa shape index (κ2) is 1.88. The van der Waals surface area contributed by atoms with Crippen molar-refractivity contribution in [2.45, 2.75) is 25.3 Å². The average Bonchev–Trinajstić information content (AvgIpc) is 1.79. The van der Waals surface area contributed by atoms with E-state index in [0.717, 1.165) is 0 Å². The Morgan fingerprint density at radius 3 is 2.33 bits per heavy atom. The van der Waals surface area contributed by atoms with Gasteiger partial charge in [-0.25, -0.2) is 13.8 Å². The summed E-state index contributed by atoms with van der Waals surface area (Å²) in [6.07, 6.45) is -0.108. The molecular formula is C5H10F2N2. The van der Waals surface area contributed by atoms with Crippen LogP contribution >= 0.6 is 0 Å². The third-order valence-corrected chi connectivity index (χ3v) is 1.57. The minimum atomic E-state index is -2.56. The molecule has 54 valence electrons. The van der Waals surface area contributed by atoms with Crippen LogP contribution in [0.4, 0.5) is 8.78 Å². The number of nitrogens with zero attached hydrogens (tertiary/aromatic N) is 1. The molecule has 2 nitrogen and oxygen atoms in total. The second-order valence-corrected chi connectivity index (χ2v) is 2.58. The number of nitrogens with two attached hydrogens (primary N) is 1. The van der Waals surface area contributed by atoms with Crippen LogP contribution in [0.15, 0.2) is 0 Å². The summed E-state index contributed by atoms with van der Waals surface area (Å²) in [6, 6.07) is -0.181. The van der Waals surface area contributed by atoms with E-state index in [9.17, 15) is 8.78 Å². The first-order valence-electron chi connectivity index (χ1n) is 2.90. The molecule has 1 aliphatic rings. The number of alkyl halides is 2. The Morgan fingerprint density at radius 1 is 1.67 bits per heavy atom. The molecule has 0 bridgehead atoms. The van der Waals surface area contributed by atoms with E-state index in [1.165, 1.54) is 5.01 Å². The van der Waals surface area contributed by atoms with Crippen molar-refractivity contribution >= 4 is 0 Å². The van der Waals surface area contributed by atoms with Crippen molar-refractivity contribution in [3.05, 3.63) is 0 Å². The van der Waals surface area contributed by atoms with E-state index in [0.29, 0.717) is 0 Å². The van der Waals surface area contributed by atoms with Crippen molar-refractivity contribution in [3.8, 4) is 0 Å². The summed E-state index contributed by atoms with van der Waals surface area (Å²) in [7, 11) is 0. The van der Waals surface area contributed by atoms with Gasteiger partial charge in [-0.2, -0.15) is 0 Å². The third kappa shape index (κ3) is 1.37. The number of halogens is 2. The van der Waals surface area contributed by atoms with Gasteiger partial charge in [0.2, 0.25) is 0 Å². The molecule has 1 fully saturated rings. The maximum Gasteiger partial charge on any atom is 0.263 e. The van der Waals surface area contributed by atoms with Gasteiger partial charge in [-0.1, -0.05) is 0 Å². The van der Waals surface area contributed by atoms with E-state index >= 15 is 0 Å². The molecule has 0 saturated carbocycles. The molecule has 0 spiro atoms. The number of hydrazine groups is 1. The van der Waals surface area contributed by atoms with Crippen molar-refractivity contribution < 1.29 is 8.78 Å². The molecule has 0 radical (unpaired) electrons. The van der Waals surface area contributed by atoms with E-state index in [-0.39, 0.29) is 19.0 Å². The van der Waals surface area contributed by atoms with Crippen molar-refractivity contribution in [3.63, 3.8) is 0 Å². The van der Waals surface area contributed by atoms with Crippen LogP contribution in [0.25, 0.3) is 0 Å². The predicted molar refractivity (Wildman–Crippen MR) is 29.9 cm³/mol. The van der Waals surface area contributed by atoms with E-state index in [2.05, 4.69) is 0 Å². The Kier molecular flexibility index (Phi) is 1.44. The van der Waals surface area contributed by atoms with Crippen LogP contribution in [0.3, 0.4) is 0 Å². The maximum absolute atomic E-state index is 12.3. The molecule has 1 atom stereocenters.